The number of amides is 1. The molecule has 1 aliphatic carbocycles. The molecule has 0 radical (unpaired) electrons. The van der Waals surface area contributed by atoms with Gasteiger partial charge in [-0.25, -0.2) is 0 Å². The SMILES string of the molecule is CSc1ccc(Cl)c(C(=O)N(C)C(C)C2CC2)c1. The third-order valence-electron chi connectivity index (χ3n) is 3.64. The zero-order chi connectivity index (χ0) is 13.3. The van der Waals surface area contributed by atoms with Crippen molar-refractivity contribution in [1.29, 1.82) is 0 Å². The van der Waals surface area contributed by atoms with Gasteiger partial charge < -0.3 is 4.90 Å². The number of carbonyl (C=O) groups is 1. The third-order valence-corrected chi connectivity index (χ3v) is 4.69. The number of hydrogen-bond acceptors (Lipinski definition) is 2. The molecular weight excluding hydrogens is 266 g/mol. The summed E-state index contributed by atoms with van der Waals surface area (Å²) in [6.07, 6.45) is 4.46. The van der Waals surface area contributed by atoms with Gasteiger partial charge in [0.1, 0.15) is 0 Å². The van der Waals surface area contributed by atoms with Crippen LogP contribution in [-0.2, 0) is 0 Å². The van der Waals surface area contributed by atoms with E-state index in [2.05, 4.69) is 6.92 Å². The zero-order valence-electron chi connectivity index (χ0n) is 10.9. The summed E-state index contributed by atoms with van der Waals surface area (Å²) in [5.74, 6) is 0.691. The van der Waals surface area contributed by atoms with E-state index < -0.39 is 0 Å². The minimum atomic E-state index is 0.0234. The molecular formula is C14H18ClNOS. The number of carbonyl (C=O) groups excluding carboxylic acids is 1. The molecule has 1 aromatic carbocycles. The molecule has 0 aliphatic heterocycles. The van der Waals surface area contributed by atoms with Crippen molar-refractivity contribution >= 4 is 29.3 Å². The molecule has 1 atom stereocenters. The van der Waals surface area contributed by atoms with Crippen LogP contribution in [0.15, 0.2) is 23.1 Å². The summed E-state index contributed by atoms with van der Waals surface area (Å²) in [6.45, 7) is 2.11. The minimum absolute atomic E-state index is 0.0234. The van der Waals surface area contributed by atoms with Crippen molar-refractivity contribution in [2.75, 3.05) is 13.3 Å². The molecule has 0 spiro atoms. The Morgan fingerprint density at radius 3 is 2.72 bits per heavy atom. The summed E-state index contributed by atoms with van der Waals surface area (Å²) in [7, 11) is 1.87. The molecule has 1 aromatic rings. The van der Waals surface area contributed by atoms with Crippen molar-refractivity contribution in [1.82, 2.24) is 4.90 Å². The molecule has 0 saturated heterocycles. The summed E-state index contributed by atoms with van der Waals surface area (Å²) in [6, 6.07) is 5.92. The predicted octanol–water partition coefficient (Wildman–Crippen LogP) is 3.93. The molecule has 1 amide bonds. The molecule has 0 aromatic heterocycles. The van der Waals surface area contributed by atoms with E-state index in [1.807, 2.05) is 30.3 Å². The van der Waals surface area contributed by atoms with Gasteiger partial charge in [-0.2, -0.15) is 0 Å². The number of thioether (sulfide) groups is 1. The topological polar surface area (TPSA) is 20.3 Å². The molecule has 1 unspecified atom stereocenters. The lowest BCUT2D eigenvalue weighted by Gasteiger charge is -2.25. The average Bonchev–Trinajstić information content (AvgIpc) is 3.21. The fraction of sp³-hybridized carbons (Fsp3) is 0.500. The van der Waals surface area contributed by atoms with Gasteiger partial charge in [-0.15, -0.1) is 11.8 Å². The number of nitrogens with zero attached hydrogens (tertiary/aromatic N) is 1. The Kier molecular flexibility index (Phi) is 4.23. The zero-order valence-corrected chi connectivity index (χ0v) is 12.5. The van der Waals surface area contributed by atoms with Gasteiger partial charge in [-0.05, 0) is 50.1 Å². The maximum Gasteiger partial charge on any atom is 0.255 e. The highest BCUT2D eigenvalue weighted by Gasteiger charge is 2.33. The molecule has 1 fully saturated rings. The highest BCUT2D eigenvalue weighted by atomic mass is 35.5. The Morgan fingerprint density at radius 1 is 1.50 bits per heavy atom. The molecule has 4 heteroatoms. The fourth-order valence-electron chi connectivity index (χ4n) is 2.07. The second-order valence-corrected chi connectivity index (χ2v) is 6.13. The Hall–Kier alpha value is -0.670. The minimum Gasteiger partial charge on any atom is -0.339 e. The number of hydrogen-bond donors (Lipinski definition) is 0. The highest BCUT2D eigenvalue weighted by molar-refractivity contribution is 7.98. The molecule has 0 heterocycles. The fourth-order valence-corrected chi connectivity index (χ4v) is 2.70. The van der Waals surface area contributed by atoms with Crippen LogP contribution < -0.4 is 0 Å². The molecule has 18 heavy (non-hydrogen) atoms. The number of rotatable bonds is 4. The van der Waals surface area contributed by atoms with Crippen molar-refractivity contribution in [2.24, 2.45) is 5.92 Å². The lowest BCUT2D eigenvalue weighted by Crippen LogP contribution is -2.36. The number of halogens is 1. The summed E-state index contributed by atoms with van der Waals surface area (Å²) in [5.41, 5.74) is 0.610. The Labute approximate surface area is 118 Å². The van der Waals surface area contributed by atoms with Gasteiger partial charge in [0.15, 0.2) is 0 Å². The van der Waals surface area contributed by atoms with Gasteiger partial charge in [0, 0.05) is 18.0 Å². The second kappa shape index (κ2) is 5.54. The average molecular weight is 284 g/mol. The first-order chi connectivity index (χ1) is 8.54. The van der Waals surface area contributed by atoms with E-state index in [4.69, 9.17) is 11.6 Å². The quantitative estimate of drug-likeness (QED) is 0.780. The van der Waals surface area contributed by atoms with Crippen LogP contribution in [0.3, 0.4) is 0 Å². The first-order valence-electron chi connectivity index (χ1n) is 6.15. The van der Waals surface area contributed by atoms with Crippen molar-refractivity contribution < 1.29 is 4.79 Å². The maximum absolute atomic E-state index is 12.4. The molecule has 2 rings (SSSR count). The van der Waals surface area contributed by atoms with Gasteiger partial charge in [0.05, 0.1) is 10.6 Å². The van der Waals surface area contributed by atoms with Crippen molar-refractivity contribution in [3.8, 4) is 0 Å². The Balaban J connectivity index is 2.21. The van der Waals surface area contributed by atoms with Gasteiger partial charge in [0.2, 0.25) is 0 Å². The van der Waals surface area contributed by atoms with Gasteiger partial charge >= 0.3 is 0 Å². The van der Waals surface area contributed by atoms with Crippen LogP contribution in [0, 0.1) is 5.92 Å². The maximum atomic E-state index is 12.4. The van der Waals surface area contributed by atoms with E-state index in [0.717, 1.165) is 4.90 Å². The van der Waals surface area contributed by atoms with E-state index in [1.54, 1.807) is 17.8 Å². The van der Waals surface area contributed by atoms with Crippen LogP contribution in [0.1, 0.15) is 30.1 Å². The van der Waals surface area contributed by atoms with Gasteiger partial charge in [-0.3, -0.25) is 4.79 Å². The van der Waals surface area contributed by atoms with Crippen molar-refractivity contribution in [3.63, 3.8) is 0 Å². The van der Waals surface area contributed by atoms with Crippen LogP contribution in [0.4, 0.5) is 0 Å². The summed E-state index contributed by atoms with van der Waals surface area (Å²) >= 11 is 7.75. The standard InChI is InChI=1S/C14H18ClNOS/c1-9(10-4-5-10)16(2)14(17)12-8-11(18-3)6-7-13(12)15/h6-10H,4-5H2,1-3H3. The highest BCUT2D eigenvalue weighted by Crippen LogP contribution is 2.35. The summed E-state index contributed by atoms with van der Waals surface area (Å²) in [4.78, 5) is 15.3. The van der Waals surface area contributed by atoms with Crippen LogP contribution >= 0.6 is 23.4 Å². The van der Waals surface area contributed by atoms with Crippen LogP contribution in [0.5, 0.6) is 0 Å². The Bertz CT molecular complexity index is 459. The molecule has 2 nitrogen and oxygen atoms in total. The predicted molar refractivity (Wildman–Crippen MR) is 77.5 cm³/mol. The first kappa shape index (κ1) is 13.8. The Morgan fingerprint density at radius 2 is 2.17 bits per heavy atom. The normalized spacial score (nSPS) is 16.4. The van der Waals surface area contributed by atoms with Gasteiger partial charge in [-0.1, -0.05) is 11.6 Å². The molecule has 1 saturated carbocycles. The van der Waals surface area contributed by atoms with E-state index in [1.165, 1.54) is 12.8 Å². The van der Waals surface area contributed by atoms with E-state index >= 15 is 0 Å². The largest absolute Gasteiger partial charge is 0.339 e. The monoisotopic (exact) mass is 283 g/mol. The summed E-state index contributed by atoms with van der Waals surface area (Å²) < 4.78 is 0. The third kappa shape index (κ3) is 2.83. The van der Waals surface area contributed by atoms with E-state index in [9.17, 15) is 4.79 Å². The van der Waals surface area contributed by atoms with Crippen LogP contribution in [0.2, 0.25) is 5.02 Å². The van der Waals surface area contributed by atoms with Crippen molar-refractivity contribution in [3.05, 3.63) is 28.8 Å². The number of benzene rings is 1. The first-order valence-corrected chi connectivity index (χ1v) is 7.75. The molecule has 98 valence electrons. The van der Waals surface area contributed by atoms with Crippen molar-refractivity contribution in [2.45, 2.75) is 30.7 Å². The smallest absolute Gasteiger partial charge is 0.255 e. The second-order valence-electron chi connectivity index (χ2n) is 4.84. The van der Waals surface area contributed by atoms with E-state index in [0.29, 0.717) is 22.5 Å². The lowest BCUT2D eigenvalue weighted by atomic mass is 10.1. The van der Waals surface area contributed by atoms with Crippen LogP contribution in [0.25, 0.3) is 0 Å². The lowest BCUT2D eigenvalue weighted by molar-refractivity contribution is 0.0727. The van der Waals surface area contributed by atoms with Gasteiger partial charge in [0.25, 0.3) is 5.91 Å². The van der Waals surface area contributed by atoms with E-state index in [-0.39, 0.29) is 5.91 Å². The molecule has 0 N–H and O–H groups in total. The van der Waals surface area contributed by atoms with Crippen LogP contribution in [-0.4, -0.2) is 30.2 Å². The molecule has 0 bridgehead atoms. The molecule has 1 aliphatic rings. The summed E-state index contributed by atoms with van der Waals surface area (Å²) in [5, 5.41) is 0.535.